The van der Waals surface area contributed by atoms with E-state index < -0.39 is 0 Å². The lowest BCUT2D eigenvalue weighted by Crippen LogP contribution is -2.33. The van der Waals surface area contributed by atoms with Crippen molar-refractivity contribution in [3.05, 3.63) is 11.7 Å². The summed E-state index contributed by atoms with van der Waals surface area (Å²) in [5.41, 5.74) is 0. The van der Waals surface area contributed by atoms with Gasteiger partial charge in [-0.1, -0.05) is 12.1 Å². The summed E-state index contributed by atoms with van der Waals surface area (Å²) in [6.07, 6.45) is 1.15. The van der Waals surface area contributed by atoms with Crippen molar-refractivity contribution < 1.29 is 4.52 Å². The van der Waals surface area contributed by atoms with Crippen LogP contribution in [-0.2, 0) is 0 Å². The molecule has 2 atom stereocenters. The minimum absolute atomic E-state index is 0.407. The molecule has 1 saturated heterocycles. The number of nitrogens with zero attached hydrogens (tertiary/aromatic N) is 2. The predicted octanol–water partition coefficient (Wildman–Crippen LogP) is 1.09. The number of nitrogens with one attached hydrogen (secondary N) is 1. The number of rotatable bonds is 1. The van der Waals surface area contributed by atoms with Crippen molar-refractivity contribution in [1.82, 2.24) is 15.5 Å². The van der Waals surface area contributed by atoms with Crippen molar-refractivity contribution in [2.75, 3.05) is 13.1 Å². The van der Waals surface area contributed by atoms with E-state index in [1.165, 1.54) is 0 Å². The number of hydrogen-bond acceptors (Lipinski definition) is 4. The monoisotopic (exact) mass is 181 g/mol. The maximum atomic E-state index is 5.15. The van der Waals surface area contributed by atoms with Gasteiger partial charge in [0, 0.05) is 6.54 Å². The van der Waals surface area contributed by atoms with E-state index in [-0.39, 0.29) is 0 Å². The van der Waals surface area contributed by atoms with Crippen LogP contribution in [0.15, 0.2) is 4.52 Å². The summed E-state index contributed by atoms with van der Waals surface area (Å²) in [5.74, 6) is 2.63. The van der Waals surface area contributed by atoms with Gasteiger partial charge in [-0.25, -0.2) is 0 Å². The Labute approximate surface area is 77.7 Å². The molecule has 0 aromatic carbocycles. The summed E-state index contributed by atoms with van der Waals surface area (Å²) >= 11 is 0. The van der Waals surface area contributed by atoms with Crippen LogP contribution in [0.4, 0.5) is 0 Å². The van der Waals surface area contributed by atoms with Gasteiger partial charge in [-0.15, -0.1) is 0 Å². The van der Waals surface area contributed by atoms with Gasteiger partial charge in [-0.3, -0.25) is 0 Å². The van der Waals surface area contributed by atoms with Crippen LogP contribution in [0.3, 0.4) is 0 Å². The third kappa shape index (κ3) is 1.88. The summed E-state index contributed by atoms with van der Waals surface area (Å²) in [5, 5.41) is 7.17. The van der Waals surface area contributed by atoms with Gasteiger partial charge in [0.2, 0.25) is 5.89 Å². The highest BCUT2D eigenvalue weighted by molar-refractivity contribution is 4.96. The minimum Gasteiger partial charge on any atom is -0.339 e. The van der Waals surface area contributed by atoms with Gasteiger partial charge in [0.15, 0.2) is 5.82 Å². The van der Waals surface area contributed by atoms with Crippen molar-refractivity contribution in [2.45, 2.75) is 26.2 Å². The van der Waals surface area contributed by atoms with Crippen molar-refractivity contribution in [3.63, 3.8) is 0 Å². The topological polar surface area (TPSA) is 51.0 Å². The average Bonchev–Trinajstić information content (AvgIpc) is 2.52. The highest BCUT2D eigenvalue weighted by Crippen LogP contribution is 2.24. The van der Waals surface area contributed by atoms with Crippen molar-refractivity contribution in [2.24, 2.45) is 5.92 Å². The first kappa shape index (κ1) is 8.69. The highest BCUT2D eigenvalue weighted by atomic mass is 16.5. The molecule has 1 fully saturated rings. The van der Waals surface area contributed by atoms with Gasteiger partial charge in [0.25, 0.3) is 0 Å². The van der Waals surface area contributed by atoms with Gasteiger partial charge in [0.05, 0.1) is 5.92 Å². The van der Waals surface area contributed by atoms with Crippen LogP contribution >= 0.6 is 0 Å². The first-order valence-corrected chi connectivity index (χ1v) is 4.76. The second kappa shape index (κ2) is 3.46. The third-order valence-electron chi connectivity index (χ3n) is 2.46. The SMILES string of the molecule is Cc1noc([C@@H]2CNC[C@@H](C)C2)n1. The molecular formula is C9H15N3O. The Morgan fingerprint density at radius 2 is 2.31 bits per heavy atom. The fraction of sp³-hybridized carbons (Fsp3) is 0.778. The molecule has 0 saturated carbocycles. The van der Waals surface area contributed by atoms with Crippen molar-refractivity contribution >= 4 is 0 Å². The van der Waals surface area contributed by atoms with E-state index in [1.807, 2.05) is 6.92 Å². The molecule has 1 aromatic heterocycles. The lowest BCUT2D eigenvalue weighted by molar-refractivity contribution is 0.288. The number of piperidine rings is 1. The summed E-state index contributed by atoms with van der Waals surface area (Å²) in [4.78, 5) is 4.25. The van der Waals surface area contributed by atoms with Crippen LogP contribution in [0.2, 0.25) is 0 Å². The summed E-state index contributed by atoms with van der Waals surface area (Å²) in [7, 11) is 0. The molecule has 0 amide bonds. The molecule has 0 aliphatic carbocycles. The molecule has 1 aliphatic heterocycles. The Balaban J connectivity index is 2.08. The molecule has 72 valence electrons. The van der Waals surface area contributed by atoms with E-state index in [0.29, 0.717) is 11.8 Å². The van der Waals surface area contributed by atoms with E-state index in [4.69, 9.17) is 4.52 Å². The molecule has 1 aliphatic rings. The van der Waals surface area contributed by atoms with Crippen LogP contribution < -0.4 is 5.32 Å². The first-order valence-electron chi connectivity index (χ1n) is 4.76. The van der Waals surface area contributed by atoms with Gasteiger partial charge in [-0.05, 0) is 25.8 Å². The summed E-state index contributed by atoms with van der Waals surface area (Å²) < 4.78 is 5.15. The lowest BCUT2D eigenvalue weighted by Gasteiger charge is -2.24. The Kier molecular flexibility index (Phi) is 2.31. The zero-order valence-corrected chi connectivity index (χ0v) is 8.08. The molecule has 0 radical (unpaired) electrons. The second-order valence-electron chi connectivity index (χ2n) is 3.88. The molecule has 1 aromatic rings. The Morgan fingerprint density at radius 1 is 1.46 bits per heavy atom. The van der Waals surface area contributed by atoms with E-state index in [2.05, 4.69) is 22.4 Å². The fourth-order valence-corrected chi connectivity index (χ4v) is 1.82. The number of aromatic nitrogens is 2. The molecule has 1 N–H and O–H groups in total. The molecule has 13 heavy (non-hydrogen) atoms. The molecule has 0 spiro atoms. The zero-order chi connectivity index (χ0) is 9.26. The van der Waals surface area contributed by atoms with Gasteiger partial charge in [0.1, 0.15) is 0 Å². The van der Waals surface area contributed by atoms with Crippen LogP contribution in [0.1, 0.15) is 31.0 Å². The lowest BCUT2D eigenvalue weighted by atomic mass is 9.92. The largest absolute Gasteiger partial charge is 0.339 e. The molecular weight excluding hydrogens is 166 g/mol. The molecule has 4 heteroatoms. The van der Waals surface area contributed by atoms with Crippen LogP contribution in [-0.4, -0.2) is 23.2 Å². The van der Waals surface area contributed by atoms with Crippen LogP contribution in [0.5, 0.6) is 0 Å². The quantitative estimate of drug-likeness (QED) is 0.704. The van der Waals surface area contributed by atoms with Crippen LogP contribution in [0.25, 0.3) is 0 Å². The maximum absolute atomic E-state index is 5.15. The Morgan fingerprint density at radius 3 is 2.92 bits per heavy atom. The molecule has 2 rings (SSSR count). The average molecular weight is 181 g/mol. The molecule has 0 bridgehead atoms. The Hall–Kier alpha value is -0.900. The predicted molar refractivity (Wildman–Crippen MR) is 48.4 cm³/mol. The maximum Gasteiger partial charge on any atom is 0.231 e. The van der Waals surface area contributed by atoms with Crippen LogP contribution in [0, 0.1) is 12.8 Å². The van der Waals surface area contributed by atoms with E-state index in [9.17, 15) is 0 Å². The molecule has 2 heterocycles. The van der Waals surface area contributed by atoms with E-state index in [1.54, 1.807) is 0 Å². The zero-order valence-electron chi connectivity index (χ0n) is 8.08. The van der Waals surface area contributed by atoms with Gasteiger partial charge < -0.3 is 9.84 Å². The third-order valence-corrected chi connectivity index (χ3v) is 2.46. The highest BCUT2D eigenvalue weighted by Gasteiger charge is 2.24. The normalized spacial score (nSPS) is 29.1. The first-order chi connectivity index (χ1) is 6.25. The van der Waals surface area contributed by atoms with Gasteiger partial charge >= 0.3 is 0 Å². The smallest absolute Gasteiger partial charge is 0.231 e. The number of hydrogen-bond donors (Lipinski definition) is 1. The fourth-order valence-electron chi connectivity index (χ4n) is 1.82. The van der Waals surface area contributed by atoms with Gasteiger partial charge in [-0.2, -0.15) is 4.98 Å². The van der Waals surface area contributed by atoms with E-state index in [0.717, 1.165) is 31.2 Å². The molecule has 4 nitrogen and oxygen atoms in total. The Bertz CT molecular complexity index is 284. The summed E-state index contributed by atoms with van der Waals surface area (Å²) in [6, 6.07) is 0. The van der Waals surface area contributed by atoms with Crippen molar-refractivity contribution in [3.8, 4) is 0 Å². The van der Waals surface area contributed by atoms with Crippen molar-refractivity contribution in [1.29, 1.82) is 0 Å². The summed E-state index contributed by atoms with van der Waals surface area (Å²) in [6.45, 7) is 6.16. The standard InChI is InChI=1S/C9H15N3O/c1-6-3-8(5-10-4-6)9-11-7(2)12-13-9/h6,8,10H,3-5H2,1-2H3/t6-,8-/m0/s1. The minimum atomic E-state index is 0.407. The van der Waals surface area contributed by atoms with E-state index >= 15 is 0 Å². The number of aryl methyl sites for hydroxylation is 1. The second-order valence-corrected chi connectivity index (χ2v) is 3.88. The molecule has 0 unspecified atom stereocenters.